The van der Waals surface area contributed by atoms with Crippen molar-refractivity contribution in [3.8, 4) is 11.5 Å². The van der Waals surface area contributed by atoms with Gasteiger partial charge >= 0.3 is 0 Å². The number of nitrogens with zero attached hydrogens (tertiary/aromatic N) is 2. The minimum absolute atomic E-state index is 0.0784. The van der Waals surface area contributed by atoms with Crippen LogP contribution in [0.1, 0.15) is 27.8 Å². The molecule has 2 N–H and O–H groups in total. The van der Waals surface area contributed by atoms with E-state index < -0.39 is 5.91 Å². The van der Waals surface area contributed by atoms with Crippen LogP contribution < -0.4 is 20.1 Å². The number of ether oxygens (including phenoxy) is 2. The van der Waals surface area contributed by atoms with Crippen molar-refractivity contribution < 1.29 is 19.1 Å². The average Bonchev–Trinajstić information content (AvgIpc) is 2.74. The summed E-state index contributed by atoms with van der Waals surface area (Å²) in [4.78, 5) is 23.8. The molecule has 3 aromatic rings. The molecule has 0 aliphatic carbocycles. The van der Waals surface area contributed by atoms with Crippen molar-refractivity contribution in [1.82, 2.24) is 10.2 Å². The number of anilines is 3. The second kappa shape index (κ2) is 8.83. The second-order valence-electron chi connectivity index (χ2n) is 6.09. The molecule has 8 heteroatoms. The van der Waals surface area contributed by atoms with Gasteiger partial charge < -0.3 is 20.1 Å². The van der Waals surface area contributed by atoms with Crippen molar-refractivity contribution in [2.24, 2.45) is 0 Å². The van der Waals surface area contributed by atoms with E-state index in [9.17, 15) is 9.59 Å². The molecular weight excluding hydrogens is 372 g/mol. The Bertz CT molecular complexity index is 1040. The number of rotatable bonds is 7. The molecule has 0 bridgehead atoms. The first-order chi connectivity index (χ1) is 14.0. The number of benzene rings is 2. The highest BCUT2D eigenvalue weighted by Crippen LogP contribution is 2.30. The van der Waals surface area contributed by atoms with Gasteiger partial charge in [-0.1, -0.05) is 12.1 Å². The first kappa shape index (κ1) is 19.8. The smallest absolute Gasteiger partial charge is 0.276 e. The third-order valence-corrected chi connectivity index (χ3v) is 4.10. The summed E-state index contributed by atoms with van der Waals surface area (Å²) in [6.07, 6.45) is 0. The Labute approximate surface area is 167 Å². The summed E-state index contributed by atoms with van der Waals surface area (Å²) in [7, 11) is 3.13. The monoisotopic (exact) mass is 392 g/mol. The molecule has 0 aliphatic rings. The molecule has 8 nitrogen and oxygen atoms in total. The molecule has 3 rings (SSSR count). The van der Waals surface area contributed by atoms with E-state index in [2.05, 4.69) is 20.8 Å². The minimum atomic E-state index is -0.424. The Morgan fingerprint density at radius 1 is 0.931 bits per heavy atom. The van der Waals surface area contributed by atoms with Crippen LogP contribution in [-0.2, 0) is 0 Å². The molecule has 0 spiro atoms. The standard InChI is InChI=1S/C21H20N4O4/c1-13(26)14-5-4-6-15(11-14)22-21(27)18-9-10-20(25-24-18)23-17-8-7-16(28-2)12-19(17)29-3/h4-12H,1-3H3,(H,22,27)(H,23,25). The van der Waals surface area contributed by atoms with Crippen molar-refractivity contribution in [2.75, 3.05) is 24.9 Å². The molecule has 0 atom stereocenters. The van der Waals surface area contributed by atoms with Crippen LogP contribution in [0.2, 0.25) is 0 Å². The Hall–Kier alpha value is -3.94. The normalized spacial score (nSPS) is 10.2. The SMILES string of the molecule is COc1ccc(Nc2ccc(C(=O)Nc3cccc(C(C)=O)c3)nn2)c(OC)c1. The number of carbonyl (C=O) groups is 2. The molecule has 0 unspecified atom stereocenters. The molecule has 1 aromatic heterocycles. The predicted octanol–water partition coefficient (Wildman–Crippen LogP) is 3.69. The fourth-order valence-electron chi connectivity index (χ4n) is 2.57. The van der Waals surface area contributed by atoms with Crippen molar-refractivity contribution in [1.29, 1.82) is 0 Å². The van der Waals surface area contributed by atoms with Crippen molar-refractivity contribution >= 4 is 28.9 Å². The van der Waals surface area contributed by atoms with Crippen molar-refractivity contribution in [3.63, 3.8) is 0 Å². The zero-order valence-electron chi connectivity index (χ0n) is 16.2. The zero-order valence-corrected chi connectivity index (χ0v) is 16.2. The number of hydrogen-bond acceptors (Lipinski definition) is 7. The van der Waals surface area contributed by atoms with Gasteiger partial charge in [-0.05, 0) is 43.3 Å². The summed E-state index contributed by atoms with van der Waals surface area (Å²) >= 11 is 0. The van der Waals surface area contributed by atoms with Gasteiger partial charge in [-0.3, -0.25) is 9.59 Å². The van der Waals surface area contributed by atoms with Gasteiger partial charge in [0.15, 0.2) is 17.3 Å². The molecule has 0 radical (unpaired) electrons. The van der Waals surface area contributed by atoms with E-state index in [1.807, 2.05) is 0 Å². The summed E-state index contributed by atoms with van der Waals surface area (Å²) in [5.74, 6) is 1.19. The lowest BCUT2D eigenvalue weighted by molar-refractivity contribution is 0.100. The van der Waals surface area contributed by atoms with E-state index in [0.717, 1.165) is 0 Å². The maximum atomic E-state index is 12.4. The van der Waals surface area contributed by atoms with Gasteiger partial charge in [-0.25, -0.2) is 0 Å². The number of Topliss-reactive ketones (excluding diaryl/α,β-unsaturated/α-hetero) is 1. The highest BCUT2D eigenvalue weighted by atomic mass is 16.5. The third kappa shape index (κ3) is 4.86. The molecule has 0 aliphatic heterocycles. The van der Waals surface area contributed by atoms with E-state index in [4.69, 9.17) is 9.47 Å². The van der Waals surface area contributed by atoms with E-state index in [1.54, 1.807) is 68.8 Å². The molecule has 1 heterocycles. The largest absolute Gasteiger partial charge is 0.497 e. The molecule has 1 amide bonds. The van der Waals surface area contributed by atoms with Gasteiger partial charge in [0.05, 0.1) is 19.9 Å². The number of aromatic nitrogens is 2. The van der Waals surface area contributed by atoms with Gasteiger partial charge in [-0.2, -0.15) is 0 Å². The molecule has 2 aromatic carbocycles. The summed E-state index contributed by atoms with van der Waals surface area (Å²) in [6.45, 7) is 1.47. The summed E-state index contributed by atoms with van der Waals surface area (Å²) in [5, 5.41) is 13.8. The number of ketones is 1. The highest BCUT2D eigenvalue weighted by molar-refractivity contribution is 6.03. The van der Waals surface area contributed by atoms with E-state index >= 15 is 0 Å². The highest BCUT2D eigenvalue weighted by Gasteiger charge is 2.11. The maximum absolute atomic E-state index is 12.4. The number of hydrogen-bond donors (Lipinski definition) is 2. The Morgan fingerprint density at radius 3 is 2.41 bits per heavy atom. The zero-order chi connectivity index (χ0) is 20.8. The van der Waals surface area contributed by atoms with Crippen LogP contribution in [0.5, 0.6) is 11.5 Å². The molecule has 0 saturated heterocycles. The van der Waals surface area contributed by atoms with Crippen LogP contribution in [0.4, 0.5) is 17.2 Å². The topological polar surface area (TPSA) is 102 Å². The van der Waals surface area contributed by atoms with Crippen molar-refractivity contribution in [3.05, 3.63) is 65.9 Å². The van der Waals surface area contributed by atoms with Gasteiger partial charge in [-0.15, -0.1) is 10.2 Å². The third-order valence-electron chi connectivity index (χ3n) is 4.10. The maximum Gasteiger partial charge on any atom is 0.276 e. The molecule has 0 saturated carbocycles. The van der Waals surface area contributed by atoms with E-state index in [1.165, 1.54) is 6.92 Å². The van der Waals surface area contributed by atoms with Crippen LogP contribution in [-0.4, -0.2) is 36.1 Å². The van der Waals surface area contributed by atoms with E-state index in [-0.39, 0.29) is 11.5 Å². The van der Waals surface area contributed by atoms with Crippen LogP contribution in [0.15, 0.2) is 54.6 Å². The molecule has 0 fully saturated rings. The fourth-order valence-corrected chi connectivity index (χ4v) is 2.57. The first-order valence-electron chi connectivity index (χ1n) is 8.75. The molecule has 29 heavy (non-hydrogen) atoms. The lowest BCUT2D eigenvalue weighted by Crippen LogP contribution is -2.15. The Morgan fingerprint density at radius 2 is 1.76 bits per heavy atom. The number of carbonyl (C=O) groups excluding carboxylic acids is 2. The minimum Gasteiger partial charge on any atom is -0.497 e. The summed E-state index contributed by atoms with van der Waals surface area (Å²) in [6, 6.07) is 15.2. The van der Waals surface area contributed by atoms with Crippen LogP contribution >= 0.6 is 0 Å². The summed E-state index contributed by atoms with van der Waals surface area (Å²) in [5.41, 5.74) is 1.85. The van der Waals surface area contributed by atoms with Gasteiger partial charge in [0.1, 0.15) is 11.5 Å². The van der Waals surface area contributed by atoms with Crippen molar-refractivity contribution in [2.45, 2.75) is 6.92 Å². The number of amides is 1. The van der Waals surface area contributed by atoms with Crippen LogP contribution in [0.25, 0.3) is 0 Å². The number of nitrogens with one attached hydrogen (secondary N) is 2. The van der Waals surface area contributed by atoms with Gasteiger partial charge in [0.25, 0.3) is 5.91 Å². The fraction of sp³-hybridized carbons (Fsp3) is 0.143. The number of methoxy groups -OCH3 is 2. The van der Waals surface area contributed by atoms with Crippen LogP contribution in [0.3, 0.4) is 0 Å². The van der Waals surface area contributed by atoms with E-state index in [0.29, 0.717) is 34.3 Å². The Kier molecular flexibility index (Phi) is 6.03. The second-order valence-corrected chi connectivity index (χ2v) is 6.09. The quantitative estimate of drug-likeness (QED) is 0.591. The lowest BCUT2D eigenvalue weighted by atomic mass is 10.1. The van der Waals surface area contributed by atoms with Gasteiger partial charge in [0, 0.05) is 17.3 Å². The first-order valence-corrected chi connectivity index (χ1v) is 8.75. The molecule has 148 valence electrons. The summed E-state index contributed by atoms with van der Waals surface area (Å²) < 4.78 is 10.5. The van der Waals surface area contributed by atoms with Gasteiger partial charge in [0.2, 0.25) is 0 Å². The molecular formula is C21H20N4O4. The lowest BCUT2D eigenvalue weighted by Gasteiger charge is -2.12. The van der Waals surface area contributed by atoms with Crippen LogP contribution in [0, 0.1) is 0 Å². The Balaban J connectivity index is 1.71. The average molecular weight is 392 g/mol. The predicted molar refractivity (Wildman–Crippen MR) is 109 cm³/mol.